The maximum Gasteiger partial charge on any atom is 0.241 e. The van der Waals surface area contributed by atoms with Crippen molar-refractivity contribution in [3.05, 3.63) is 47.8 Å². The zero-order valence-corrected chi connectivity index (χ0v) is 15.9. The number of carbonyl (C=O) groups excluding carboxylic acids is 1. The maximum absolute atomic E-state index is 14.4. The molecule has 2 aromatic rings. The second kappa shape index (κ2) is 9.45. The number of methoxy groups -OCH3 is 1. The second-order valence-electron chi connectivity index (χ2n) is 5.78. The van der Waals surface area contributed by atoms with Crippen molar-refractivity contribution in [1.82, 2.24) is 0 Å². The zero-order chi connectivity index (χ0) is 19.1. The minimum Gasteiger partial charge on any atom is -0.493 e. The molecule has 0 unspecified atom stereocenters. The van der Waals surface area contributed by atoms with Gasteiger partial charge >= 0.3 is 0 Å². The van der Waals surface area contributed by atoms with E-state index in [4.69, 9.17) is 15.2 Å². The van der Waals surface area contributed by atoms with E-state index in [1.54, 1.807) is 30.0 Å². The summed E-state index contributed by atoms with van der Waals surface area (Å²) in [5.74, 6) is 0.815. The smallest absolute Gasteiger partial charge is 0.241 e. The van der Waals surface area contributed by atoms with Crippen molar-refractivity contribution in [2.24, 2.45) is 5.73 Å². The van der Waals surface area contributed by atoms with E-state index in [-0.39, 0.29) is 11.7 Å². The molecule has 0 radical (unpaired) electrons. The van der Waals surface area contributed by atoms with Crippen molar-refractivity contribution in [3.8, 4) is 17.2 Å². The van der Waals surface area contributed by atoms with E-state index in [0.29, 0.717) is 23.6 Å². The van der Waals surface area contributed by atoms with E-state index in [1.165, 1.54) is 19.2 Å². The summed E-state index contributed by atoms with van der Waals surface area (Å²) in [4.78, 5) is 12.0. The molecule has 0 aliphatic rings. The number of thioether (sulfide) groups is 1. The first-order valence-corrected chi connectivity index (χ1v) is 9.51. The number of nitrogens with two attached hydrogens (primary N) is 1. The Morgan fingerprint density at radius 3 is 2.62 bits per heavy atom. The average molecular weight is 378 g/mol. The summed E-state index contributed by atoms with van der Waals surface area (Å²) in [6.45, 7) is 1.92. The molecule has 0 saturated heterocycles. The Kier molecular flexibility index (Phi) is 7.29. The van der Waals surface area contributed by atoms with Gasteiger partial charge in [0.2, 0.25) is 5.91 Å². The average Bonchev–Trinajstić information content (AvgIpc) is 2.62. The normalized spacial score (nSPS) is 11.7. The van der Waals surface area contributed by atoms with Crippen LogP contribution >= 0.6 is 11.8 Å². The summed E-state index contributed by atoms with van der Waals surface area (Å²) in [5, 5.41) is 2.62. The SMILES string of the molecule is COc1cc(C)ccc1Oc1ccc(NC(=O)[C@@H](N)CCSC)cc1F. The highest BCUT2D eigenvalue weighted by molar-refractivity contribution is 7.98. The molecule has 0 aromatic heterocycles. The highest BCUT2D eigenvalue weighted by Gasteiger charge is 2.15. The van der Waals surface area contributed by atoms with Crippen LogP contribution < -0.4 is 20.5 Å². The summed E-state index contributed by atoms with van der Waals surface area (Å²) in [6.07, 6.45) is 2.51. The minimum absolute atomic E-state index is 0.0387. The van der Waals surface area contributed by atoms with E-state index in [9.17, 15) is 9.18 Å². The van der Waals surface area contributed by atoms with Crippen LogP contribution in [0.3, 0.4) is 0 Å². The van der Waals surface area contributed by atoms with Gasteiger partial charge in [0.05, 0.1) is 13.2 Å². The van der Waals surface area contributed by atoms with Gasteiger partial charge in [0.25, 0.3) is 0 Å². The first-order valence-electron chi connectivity index (χ1n) is 8.12. The number of carbonyl (C=O) groups is 1. The molecule has 3 N–H and O–H groups in total. The van der Waals surface area contributed by atoms with Gasteiger partial charge in [-0.2, -0.15) is 11.8 Å². The Bertz CT molecular complexity index is 770. The monoisotopic (exact) mass is 378 g/mol. The number of anilines is 1. The Morgan fingerprint density at radius 1 is 1.23 bits per heavy atom. The molecule has 0 spiro atoms. The second-order valence-corrected chi connectivity index (χ2v) is 6.76. The minimum atomic E-state index is -0.627. The molecule has 7 heteroatoms. The number of benzene rings is 2. The van der Waals surface area contributed by atoms with Gasteiger partial charge in [-0.05, 0) is 55.2 Å². The van der Waals surface area contributed by atoms with Gasteiger partial charge in [0.1, 0.15) is 0 Å². The Balaban J connectivity index is 2.09. The third kappa shape index (κ3) is 5.37. The highest BCUT2D eigenvalue weighted by Crippen LogP contribution is 2.34. The molecule has 26 heavy (non-hydrogen) atoms. The summed E-state index contributed by atoms with van der Waals surface area (Å²) in [7, 11) is 1.52. The molecule has 0 heterocycles. The summed E-state index contributed by atoms with van der Waals surface area (Å²) in [5.41, 5.74) is 7.14. The molecule has 0 fully saturated rings. The number of nitrogens with one attached hydrogen (secondary N) is 1. The van der Waals surface area contributed by atoms with Gasteiger partial charge in [-0.3, -0.25) is 4.79 Å². The lowest BCUT2D eigenvalue weighted by Gasteiger charge is -2.14. The first kappa shape index (κ1) is 20.1. The molecule has 1 amide bonds. The van der Waals surface area contributed by atoms with Gasteiger partial charge in [-0.15, -0.1) is 0 Å². The van der Waals surface area contributed by atoms with E-state index < -0.39 is 11.9 Å². The number of hydrogen-bond donors (Lipinski definition) is 2. The standard InChI is InChI=1S/C19H23FN2O3S/c1-12-4-6-17(18(10-12)24-2)25-16-7-5-13(11-14(16)20)22-19(23)15(21)8-9-26-3/h4-7,10-11,15H,8-9,21H2,1-3H3,(H,22,23)/t15-/m0/s1. The number of ether oxygens (including phenoxy) is 2. The van der Waals surface area contributed by atoms with E-state index in [2.05, 4.69) is 5.32 Å². The fourth-order valence-electron chi connectivity index (χ4n) is 2.25. The van der Waals surface area contributed by atoms with Gasteiger partial charge < -0.3 is 20.5 Å². The molecule has 5 nitrogen and oxygen atoms in total. The molecule has 2 aromatic carbocycles. The van der Waals surface area contributed by atoms with Crippen LogP contribution in [-0.2, 0) is 4.79 Å². The van der Waals surface area contributed by atoms with Crippen LogP contribution in [0.5, 0.6) is 17.2 Å². The predicted molar refractivity (Wildman–Crippen MR) is 104 cm³/mol. The van der Waals surface area contributed by atoms with Crippen LogP contribution in [0, 0.1) is 12.7 Å². The van der Waals surface area contributed by atoms with Gasteiger partial charge in [0, 0.05) is 11.8 Å². The van der Waals surface area contributed by atoms with Crippen molar-refractivity contribution >= 4 is 23.4 Å². The number of amides is 1. The van der Waals surface area contributed by atoms with Crippen LogP contribution in [0.4, 0.5) is 10.1 Å². The van der Waals surface area contributed by atoms with E-state index in [1.807, 2.05) is 19.2 Å². The van der Waals surface area contributed by atoms with Crippen LogP contribution in [0.25, 0.3) is 0 Å². The Labute approximate surface area is 157 Å². The number of aryl methyl sites for hydroxylation is 1. The quantitative estimate of drug-likeness (QED) is 0.727. The Morgan fingerprint density at radius 2 is 1.96 bits per heavy atom. The molecular formula is C19H23FN2O3S. The van der Waals surface area contributed by atoms with Crippen molar-refractivity contribution < 1.29 is 18.7 Å². The van der Waals surface area contributed by atoms with Crippen molar-refractivity contribution in [2.75, 3.05) is 24.4 Å². The van der Waals surface area contributed by atoms with Crippen molar-refractivity contribution in [1.29, 1.82) is 0 Å². The van der Waals surface area contributed by atoms with Gasteiger partial charge in [0.15, 0.2) is 23.1 Å². The molecule has 0 aliphatic carbocycles. The molecule has 140 valence electrons. The molecule has 0 bridgehead atoms. The number of halogens is 1. The zero-order valence-electron chi connectivity index (χ0n) is 15.0. The topological polar surface area (TPSA) is 73.6 Å². The van der Waals surface area contributed by atoms with Crippen LogP contribution in [0.15, 0.2) is 36.4 Å². The van der Waals surface area contributed by atoms with Crippen molar-refractivity contribution in [2.45, 2.75) is 19.4 Å². The van der Waals surface area contributed by atoms with Crippen LogP contribution in [0.2, 0.25) is 0 Å². The summed E-state index contributed by atoms with van der Waals surface area (Å²) >= 11 is 1.62. The Hall–Kier alpha value is -2.25. The third-order valence-corrected chi connectivity index (χ3v) is 4.35. The predicted octanol–water partition coefficient (Wildman–Crippen LogP) is 3.95. The van der Waals surface area contributed by atoms with Gasteiger partial charge in [-0.1, -0.05) is 6.07 Å². The summed E-state index contributed by atoms with van der Waals surface area (Å²) in [6, 6.07) is 8.97. The third-order valence-electron chi connectivity index (χ3n) is 3.71. The lowest BCUT2D eigenvalue weighted by molar-refractivity contribution is -0.117. The largest absolute Gasteiger partial charge is 0.493 e. The molecule has 0 aliphatic heterocycles. The van der Waals surface area contributed by atoms with Crippen LogP contribution in [-0.4, -0.2) is 31.1 Å². The fourth-order valence-corrected chi connectivity index (χ4v) is 2.74. The fraction of sp³-hybridized carbons (Fsp3) is 0.316. The van der Waals surface area contributed by atoms with E-state index >= 15 is 0 Å². The summed E-state index contributed by atoms with van der Waals surface area (Å²) < 4.78 is 25.2. The number of rotatable bonds is 8. The molecular weight excluding hydrogens is 355 g/mol. The molecule has 1 atom stereocenters. The lowest BCUT2D eigenvalue weighted by Crippen LogP contribution is -2.36. The highest BCUT2D eigenvalue weighted by atomic mass is 32.2. The maximum atomic E-state index is 14.4. The lowest BCUT2D eigenvalue weighted by atomic mass is 10.2. The van der Waals surface area contributed by atoms with Gasteiger partial charge in [-0.25, -0.2) is 4.39 Å². The van der Waals surface area contributed by atoms with Crippen LogP contribution in [0.1, 0.15) is 12.0 Å². The van der Waals surface area contributed by atoms with E-state index in [0.717, 1.165) is 11.3 Å². The first-order chi connectivity index (χ1) is 12.4. The van der Waals surface area contributed by atoms with Crippen molar-refractivity contribution in [3.63, 3.8) is 0 Å². The number of hydrogen-bond acceptors (Lipinski definition) is 5. The molecule has 2 rings (SSSR count). The molecule has 0 saturated carbocycles.